The lowest BCUT2D eigenvalue weighted by Gasteiger charge is -2.15. The summed E-state index contributed by atoms with van der Waals surface area (Å²) < 4.78 is 14.8. The topological polar surface area (TPSA) is 80.1 Å². The highest BCUT2D eigenvalue weighted by Crippen LogP contribution is 2.53. The number of hydrogen-bond donors (Lipinski definition) is 0. The molecule has 0 saturated carbocycles. The average Bonchev–Trinajstić information content (AvgIpc) is 1.51. The van der Waals surface area contributed by atoms with Crippen LogP contribution in [0.2, 0.25) is 0 Å². The van der Waals surface area contributed by atoms with E-state index in [0.29, 0.717) is 0 Å². The number of para-hydroxylation sites is 10. The maximum absolute atomic E-state index is 5.55. The van der Waals surface area contributed by atoms with Gasteiger partial charge >= 0.3 is 0 Å². The third kappa shape index (κ3) is 9.12. The van der Waals surface area contributed by atoms with E-state index in [0.717, 1.165) is 128 Å². The second-order valence-electron chi connectivity index (χ2n) is 34.6. The Kier molecular flexibility index (Phi) is 13.4. The lowest BCUT2D eigenvalue weighted by atomic mass is 9.97. The van der Waals surface area contributed by atoms with Crippen LogP contribution in [0.1, 0.15) is 0 Å². The third-order valence-electron chi connectivity index (χ3n) is 28.2. The quantitative estimate of drug-likeness (QED) is 0.152. The van der Waals surface area contributed by atoms with Crippen LogP contribution in [0.3, 0.4) is 0 Å². The highest BCUT2D eigenvalue weighted by molar-refractivity contribution is 6.40. The van der Waals surface area contributed by atoms with Gasteiger partial charge in [0.25, 0.3) is 0 Å². The smallest absolute Gasteiger partial charge is 0.165 e. The van der Waals surface area contributed by atoms with E-state index in [2.05, 4.69) is 415 Å². The Morgan fingerprint density at radius 3 is 1.06 bits per heavy atom. The summed E-state index contributed by atoms with van der Waals surface area (Å²) in [4.78, 5) is 22.1. The van der Waals surface area contributed by atoms with E-state index in [4.69, 9.17) is 19.9 Å². The first-order chi connectivity index (χ1) is 63.5. The van der Waals surface area contributed by atoms with Gasteiger partial charge in [-0.3, -0.25) is 4.57 Å². The number of nitrogens with zero attached hydrogens (tertiary/aromatic N) is 10. The summed E-state index contributed by atoms with van der Waals surface area (Å²) in [5, 5.41) is 27.0. The van der Waals surface area contributed by atoms with Crippen molar-refractivity contribution in [1.29, 1.82) is 0 Å². The Bertz CT molecular complexity index is 10200. The van der Waals surface area contributed by atoms with Crippen molar-refractivity contribution in [3.8, 4) is 67.8 Å². The largest absolute Gasteiger partial charge is 0.309 e. The molecule has 0 fully saturated rings. The first kappa shape index (κ1) is 68.2. The number of hydrogen-bond acceptors (Lipinski definition) is 4. The molecule has 10 nitrogen and oxygen atoms in total. The summed E-state index contributed by atoms with van der Waals surface area (Å²) in [5.74, 6) is 0.794. The standard InChI is InChI=1S/C118H66N10/c1-3-23-78-68(21-1)51-62-102-106(78)85-28-8-20-40-101(85)126(102)118-113(121-94-33-13-14-34-95(94)122-118)71-45-56-77(57-46-71)125-100-39-19-10-30-87(100)108-105(125)66-91-83-27-7-17-37-98(83)128-115-80-58-48-72(63-73(80)49-61-89(115)110(108)117(91)128)67-41-52-75(53-42-67)123-96-35-15-5-25-81(96)84-59-50-74(64-103(84)123)112-111(119-92-31-11-12-32-93(92)120-112)70-43-54-76(55-44-70)124-99-38-18-9-29-86(99)107-104(124)65-90-82-26-6-16-36-97(82)127-114-79-24-4-2-22-69(79)47-60-88(114)109(107)116(90)127/h1-66H. The molecular formula is C118H66N10. The Morgan fingerprint density at radius 1 is 0.156 bits per heavy atom. The maximum atomic E-state index is 5.55. The van der Waals surface area contributed by atoms with E-state index < -0.39 is 0 Å². The number of aromatic nitrogens is 10. The van der Waals surface area contributed by atoms with E-state index in [1.165, 1.54) is 157 Å². The van der Waals surface area contributed by atoms with Crippen molar-refractivity contribution in [3.05, 3.63) is 400 Å². The average molecular weight is 1620 g/mol. The normalized spacial score (nSPS) is 12.5. The predicted molar refractivity (Wildman–Crippen MR) is 534 cm³/mol. The summed E-state index contributed by atoms with van der Waals surface area (Å²) in [7, 11) is 0. The fraction of sp³-hybridized carbons (Fsp3) is 0. The van der Waals surface area contributed by atoms with Gasteiger partial charge in [0.2, 0.25) is 0 Å². The molecule has 30 rings (SSSR count). The summed E-state index contributed by atoms with van der Waals surface area (Å²) >= 11 is 0. The van der Waals surface area contributed by atoms with Crippen molar-refractivity contribution in [2.45, 2.75) is 0 Å². The third-order valence-corrected chi connectivity index (χ3v) is 28.2. The molecule has 0 unspecified atom stereocenters. The van der Waals surface area contributed by atoms with Gasteiger partial charge in [-0.15, -0.1) is 0 Å². The molecule has 30 aromatic rings. The van der Waals surface area contributed by atoms with Crippen molar-refractivity contribution < 1.29 is 0 Å². The van der Waals surface area contributed by atoms with Gasteiger partial charge in [0.05, 0.1) is 111 Å². The van der Waals surface area contributed by atoms with Crippen molar-refractivity contribution in [2.75, 3.05) is 0 Å². The fourth-order valence-electron chi connectivity index (χ4n) is 22.8. The molecule has 20 aromatic carbocycles. The summed E-state index contributed by atoms with van der Waals surface area (Å²) in [6, 6.07) is 147. The van der Waals surface area contributed by atoms with E-state index in [-0.39, 0.29) is 0 Å². The molecule has 0 spiro atoms. The molecule has 0 amide bonds. The molecule has 588 valence electrons. The molecule has 0 atom stereocenters. The van der Waals surface area contributed by atoms with Crippen LogP contribution >= 0.6 is 0 Å². The fourth-order valence-corrected chi connectivity index (χ4v) is 22.8. The van der Waals surface area contributed by atoms with E-state index in [9.17, 15) is 0 Å². The van der Waals surface area contributed by atoms with Crippen LogP contribution in [0.5, 0.6) is 0 Å². The van der Waals surface area contributed by atoms with Crippen LogP contribution in [0, 0.1) is 0 Å². The molecular weight excluding hydrogens is 1560 g/mol. The van der Waals surface area contributed by atoms with Gasteiger partial charge in [0.1, 0.15) is 5.69 Å². The number of rotatable bonds is 8. The van der Waals surface area contributed by atoms with Crippen molar-refractivity contribution in [3.63, 3.8) is 0 Å². The minimum absolute atomic E-state index is 0.794. The van der Waals surface area contributed by atoms with Crippen molar-refractivity contribution >= 4 is 218 Å². The molecule has 10 heterocycles. The van der Waals surface area contributed by atoms with Crippen molar-refractivity contribution in [1.82, 2.24) is 47.0 Å². The number of benzene rings is 20. The molecule has 0 N–H and O–H groups in total. The molecule has 0 aliphatic heterocycles. The lowest BCUT2D eigenvalue weighted by Crippen LogP contribution is -2.04. The zero-order chi connectivity index (χ0) is 83.0. The first-order valence-electron chi connectivity index (χ1n) is 43.9. The Morgan fingerprint density at radius 2 is 0.508 bits per heavy atom. The summed E-state index contributed by atoms with van der Waals surface area (Å²) in [6.45, 7) is 0. The Labute approximate surface area is 728 Å². The van der Waals surface area contributed by atoms with Gasteiger partial charge in [-0.25, -0.2) is 19.9 Å². The van der Waals surface area contributed by atoms with E-state index in [1.807, 2.05) is 12.1 Å². The minimum Gasteiger partial charge on any atom is -0.309 e. The molecule has 10 heteroatoms. The van der Waals surface area contributed by atoms with Gasteiger partial charge in [-0.05, 0) is 160 Å². The molecule has 0 radical (unpaired) electrons. The van der Waals surface area contributed by atoms with Crippen LogP contribution in [0.4, 0.5) is 0 Å². The highest BCUT2D eigenvalue weighted by atomic mass is 15.1. The highest BCUT2D eigenvalue weighted by Gasteiger charge is 2.30. The van der Waals surface area contributed by atoms with E-state index >= 15 is 0 Å². The zero-order valence-corrected chi connectivity index (χ0v) is 68.6. The molecule has 0 aliphatic rings. The van der Waals surface area contributed by atoms with Crippen LogP contribution in [0.25, 0.3) is 286 Å². The maximum Gasteiger partial charge on any atom is 0.165 e. The van der Waals surface area contributed by atoms with Crippen molar-refractivity contribution in [2.24, 2.45) is 0 Å². The summed E-state index contributed by atoms with van der Waals surface area (Å²) in [6.07, 6.45) is 0. The van der Waals surface area contributed by atoms with Gasteiger partial charge < -0.3 is 22.5 Å². The van der Waals surface area contributed by atoms with E-state index in [1.54, 1.807) is 0 Å². The SMILES string of the molecule is c1ccc2c(c1)ccc1c2c2ccccc2n1-c1nc2ccccc2nc1-c1ccc(-n2c3ccccc3c3c4c5ccc6cc(-c7ccc(-n8c9ccccc9c9ccc(-c%10nc%11ccccc%11nc%10-c%10ccc(-n%11c%12ccccc%12c%12c%13c%14ccc%15ccccc%15c%14n%14c%15ccccc%15c(cc%12%11)c%13%14)cc%10)cc98)cc7)ccc6c5n5c6ccccc6c(cc32)c45)cc1. The lowest BCUT2D eigenvalue weighted by molar-refractivity contribution is 1.08. The van der Waals surface area contributed by atoms with Gasteiger partial charge in [-0.1, -0.05) is 273 Å². The second-order valence-corrected chi connectivity index (χ2v) is 34.6. The van der Waals surface area contributed by atoms with Gasteiger partial charge in [0.15, 0.2) is 5.82 Å². The zero-order valence-electron chi connectivity index (χ0n) is 68.6. The molecule has 0 aliphatic carbocycles. The Hall–Kier alpha value is -17.3. The van der Waals surface area contributed by atoms with Crippen LogP contribution < -0.4 is 0 Å². The molecule has 128 heavy (non-hydrogen) atoms. The van der Waals surface area contributed by atoms with Crippen LogP contribution in [-0.2, 0) is 0 Å². The van der Waals surface area contributed by atoms with Gasteiger partial charge in [0, 0.05) is 131 Å². The Balaban J connectivity index is 0.522. The molecule has 10 aromatic heterocycles. The number of fused-ring (bicyclic) bond motifs is 34. The molecule has 0 bridgehead atoms. The monoisotopic (exact) mass is 1620 g/mol. The van der Waals surface area contributed by atoms with Gasteiger partial charge in [-0.2, -0.15) is 0 Å². The predicted octanol–water partition coefficient (Wildman–Crippen LogP) is 30.4. The van der Waals surface area contributed by atoms with Crippen LogP contribution in [0.15, 0.2) is 400 Å². The second kappa shape index (κ2) is 25.2. The van der Waals surface area contributed by atoms with Crippen LogP contribution in [-0.4, -0.2) is 47.0 Å². The first-order valence-corrected chi connectivity index (χ1v) is 43.9. The minimum atomic E-state index is 0.794. The molecule has 0 saturated heterocycles. The summed E-state index contributed by atoms with van der Waals surface area (Å²) in [5.41, 5.74) is 30.7.